The number of nitrogens with zero attached hydrogens (tertiary/aromatic N) is 2. The number of hydrogen-bond acceptors (Lipinski definition) is 2. The van der Waals surface area contributed by atoms with Crippen LogP contribution in [-0.2, 0) is 13.6 Å². The monoisotopic (exact) mass is 381 g/mol. The SMILES string of the molecule is Cn1ccc2cc(N3Cc4ccc(NC(=O)c5ccccc5)cc4C3=O)ccc21. The molecule has 0 radical (unpaired) electrons. The van der Waals surface area contributed by atoms with Crippen LogP contribution >= 0.6 is 0 Å². The first-order valence-electron chi connectivity index (χ1n) is 9.46. The topological polar surface area (TPSA) is 54.3 Å². The van der Waals surface area contributed by atoms with E-state index in [2.05, 4.69) is 9.88 Å². The van der Waals surface area contributed by atoms with Crippen LogP contribution in [0.2, 0.25) is 0 Å². The van der Waals surface area contributed by atoms with Crippen molar-refractivity contribution in [2.45, 2.75) is 6.54 Å². The summed E-state index contributed by atoms with van der Waals surface area (Å²) in [5.74, 6) is -0.242. The highest BCUT2D eigenvalue weighted by Gasteiger charge is 2.29. The van der Waals surface area contributed by atoms with Gasteiger partial charge in [-0.25, -0.2) is 0 Å². The molecule has 1 aliphatic rings. The zero-order valence-electron chi connectivity index (χ0n) is 15.9. The summed E-state index contributed by atoms with van der Waals surface area (Å²) in [6.07, 6.45) is 2.01. The van der Waals surface area contributed by atoms with Crippen molar-refractivity contribution in [3.8, 4) is 0 Å². The summed E-state index contributed by atoms with van der Waals surface area (Å²) in [6.45, 7) is 0.527. The minimum absolute atomic E-state index is 0.0499. The Morgan fingerprint density at radius 3 is 2.62 bits per heavy atom. The van der Waals surface area contributed by atoms with Gasteiger partial charge in [-0.1, -0.05) is 24.3 Å². The van der Waals surface area contributed by atoms with Crippen molar-refractivity contribution in [2.24, 2.45) is 7.05 Å². The van der Waals surface area contributed by atoms with Crippen LogP contribution in [0, 0.1) is 0 Å². The number of rotatable bonds is 3. The van der Waals surface area contributed by atoms with Crippen molar-refractivity contribution in [1.82, 2.24) is 4.57 Å². The molecule has 0 unspecified atom stereocenters. The fraction of sp³-hybridized carbons (Fsp3) is 0.0833. The molecule has 0 bridgehead atoms. The first kappa shape index (κ1) is 17.3. The summed E-state index contributed by atoms with van der Waals surface area (Å²) in [7, 11) is 2.00. The van der Waals surface area contributed by atoms with Gasteiger partial charge in [0.05, 0.1) is 6.54 Å². The highest BCUT2D eigenvalue weighted by molar-refractivity contribution is 6.12. The van der Waals surface area contributed by atoms with E-state index in [-0.39, 0.29) is 11.8 Å². The Labute approximate surface area is 168 Å². The molecule has 5 rings (SSSR count). The third kappa shape index (κ3) is 2.97. The van der Waals surface area contributed by atoms with Crippen molar-refractivity contribution >= 4 is 34.1 Å². The lowest BCUT2D eigenvalue weighted by Gasteiger charge is -2.16. The van der Waals surface area contributed by atoms with Crippen LogP contribution in [0.1, 0.15) is 26.3 Å². The van der Waals surface area contributed by atoms with E-state index in [1.165, 1.54) is 0 Å². The quantitative estimate of drug-likeness (QED) is 0.564. The second-order valence-electron chi connectivity index (χ2n) is 7.25. The van der Waals surface area contributed by atoms with Gasteiger partial charge in [0.1, 0.15) is 0 Å². The minimum Gasteiger partial charge on any atom is -0.351 e. The molecule has 0 saturated carbocycles. The molecule has 1 aromatic heterocycles. The molecule has 5 nitrogen and oxygen atoms in total. The number of aryl methyl sites for hydroxylation is 1. The molecule has 142 valence electrons. The lowest BCUT2D eigenvalue weighted by Crippen LogP contribution is -2.22. The van der Waals surface area contributed by atoms with Crippen LogP contribution in [0.4, 0.5) is 11.4 Å². The smallest absolute Gasteiger partial charge is 0.259 e. The molecule has 5 heteroatoms. The molecule has 2 amide bonds. The largest absolute Gasteiger partial charge is 0.351 e. The normalized spacial score (nSPS) is 13.0. The second-order valence-corrected chi connectivity index (χ2v) is 7.25. The van der Waals surface area contributed by atoms with Gasteiger partial charge in [-0.15, -0.1) is 0 Å². The number of aromatic nitrogens is 1. The lowest BCUT2D eigenvalue weighted by molar-refractivity contribution is 0.0993. The molecule has 29 heavy (non-hydrogen) atoms. The molecule has 0 aliphatic carbocycles. The fourth-order valence-corrected chi connectivity index (χ4v) is 3.82. The number of carbonyl (C=O) groups excluding carboxylic acids is 2. The van der Waals surface area contributed by atoms with Gasteiger partial charge in [0.25, 0.3) is 11.8 Å². The summed E-state index contributed by atoms with van der Waals surface area (Å²) in [4.78, 5) is 27.2. The summed E-state index contributed by atoms with van der Waals surface area (Å²) >= 11 is 0. The molecule has 0 fully saturated rings. The molecule has 0 spiro atoms. The number of carbonyl (C=O) groups is 2. The molecule has 4 aromatic rings. The van der Waals surface area contributed by atoms with Crippen LogP contribution in [-0.4, -0.2) is 16.4 Å². The molecule has 1 N–H and O–H groups in total. The van der Waals surface area contributed by atoms with Gasteiger partial charge in [-0.2, -0.15) is 0 Å². The standard InChI is InChI=1S/C24H19N3O2/c1-26-12-11-17-13-20(9-10-22(17)26)27-15-18-7-8-19(14-21(18)24(27)29)25-23(28)16-5-3-2-4-6-16/h2-14H,15H2,1H3,(H,25,28). The Morgan fingerprint density at radius 2 is 1.79 bits per heavy atom. The van der Waals surface area contributed by atoms with Crippen LogP contribution in [0.25, 0.3) is 10.9 Å². The number of benzene rings is 3. The maximum atomic E-state index is 13.1. The number of nitrogens with one attached hydrogen (secondary N) is 1. The van der Waals surface area contributed by atoms with Gasteiger partial charge >= 0.3 is 0 Å². The van der Waals surface area contributed by atoms with Crippen molar-refractivity contribution in [3.05, 3.63) is 95.7 Å². The highest BCUT2D eigenvalue weighted by atomic mass is 16.2. The van der Waals surface area contributed by atoms with E-state index in [1.54, 1.807) is 23.1 Å². The minimum atomic E-state index is -0.192. The van der Waals surface area contributed by atoms with E-state index in [0.29, 0.717) is 23.4 Å². The molecule has 1 aliphatic heterocycles. The lowest BCUT2D eigenvalue weighted by atomic mass is 10.1. The molecular weight excluding hydrogens is 362 g/mol. The zero-order chi connectivity index (χ0) is 20.0. The summed E-state index contributed by atoms with van der Waals surface area (Å²) < 4.78 is 2.06. The number of hydrogen-bond donors (Lipinski definition) is 1. The third-order valence-electron chi connectivity index (χ3n) is 5.39. The second kappa shape index (κ2) is 6.63. The average Bonchev–Trinajstić information content (AvgIpc) is 3.28. The van der Waals surface area contributed by atoms with Crippen molar-refractivity contribution < 1.29 is 9.59 Å². The molecule has 2 heterocycles. The predicted octanol–water partition coefficient (Wildman–Crippen LogP) is 4.59. The molecule has 3 aromatic carbocycles. The summed E-state index contributed by atoms with van der Waals surface area (Å²) in [5.41, 5.74) is 4.79. The van der Waals surface area contributed by atoms with E-state index in [4.69, 9.17) is 0 Å². The summed E-state index contributed by atoms with van der Waals surface area (Å²) in [6, 6.07) is 22.6. The maximum absolute atomic E-state index is 13.1. The van der Waals surface area contributed by atoms with Crippen LogP contribution in [0.5, 0.6) is 0 Å². The van der Waals surface area contributed by atoms with Crippen molar-refractivity contribution in [2.75, 3.05) is 10.2 Å². The highest BCUT2D eigenvalue weighted by Crippen LogP contribution is 2.32. The summed E-state index contributed by atoms with van der Waals surface area (Å²) in [5, 5.41) is 3.98. The van der Waals surface area contributed by atoms with Crippen molar-refractivity contribution in [3.63, 3.8) is 0 Å². The predicted molar refractivity (Wildman–Crippen MR) is 114 cm³/mol. The van der Waals surface area contributed by atoms with Gasteiger partial charge < -0.3 is 14.8 Å². The Morgan fingerprint density at radius 1 is 0.966 bits per heavy atom. The Hall–Kier alpha value is -3.86. The number of fused-ring (bicyclic) bond motifs is 2. The molecular formula is C24H19N3O2. The first-order valence-corrected chi connectivity index (χ1v) is 9.46. The number of amides is 2. The Bertz CT molecular complexity index is 1260. The van der Waals surface area contributed by atoms with Crippen molar-refractivity contribution in [1.29, 1.82) is 0 Å². The Balaban J connectivity index is 1.41. The number of anilines is 2. The van der Waals surface area contributed by atoms with Gasteiger partial charge in [-0.3, -0.25) is 9.59 Å². The van der Waals surface area contributed by atoms with E-state index in [1.807, 2.05) is 67.8 Å². The van der Waals surface area contributed by atoms with E-state index >= 15 is 0 Å². The van der Waals surface area contributed by atoms with Gasteiger partial charge in [0.15, 0.2) is 0 Å². The third-order valence-corrected chi connectivity index (χ3v) is 5.39. The van der Waals surface area contributed by atoms with Gasteiger partial charge in [0.2, 0.25) is 0 Å². The van der Waals surface area contributed by atoms with E-state index in [9.17, 15) is 9.59 Å². The van der Waals surface area contributed by atoms with Gasteiger partial charge in [0, 0.05) is 46.6 Å². The van der Waals surface area contributed by atoms with Crippen LogP contribution in [0.15, 0.2) is 79.0 Å². The fourth-order valence-electron chi connectivity index (χ4n) is 3.82. The average molecular weight is 381 g/mol. The zero-order valence-corrected chi connectivity index (χ0v) is 15.9. The molecule has 0 saturated heterocycles. The van der Waals surface area contributed by atoms with Crippen LogP contribution in [0.3, 0.4) is 0 Å². The molecule has 0 atom stereocenters. The maximum Gasteiger partial charge on any atom is 0.259 e. The van der Waals surface area contributed by atoms with E-state index < -0.39 is 0 Å². The Kier molecular flexibility index (Phi) is 3.95. The van der Waals surface area contributed by atoms with E-state index in [0.717, 1.165) is 22.2 Å². The van der Waals surface area contributed by atoms with Gasteiger partial charge in [-0.05, 0) is 54.1 Å². The van der Waals surface area contributed by atoms with Crippen LogP contribution < -0.4 is 10.2 Å². The first-order chi connectivity index (χ1) is 14.1.